The average Bonchev–Trinajstić information content (AvgIpc) is 4.09. The van der Waals surface area contributed by atoms with Crippen molar-refractivity contribution in [2.24, 2.45) is 0 Å². The lowest BCUT2D eigenvalue weighted by Gasteiger charge is -2.21. The van der Waals surface area contributed by atoms with Crippen molar-refractivity contribution < 1.29 is 4.42 Å². The van der Waals surface area contributed by atoms with E-state index < -0.39 is 0 Å². The summed E-state index contributed by atoms with van der Waals surface area (Å²) >= 11 is 0. The fraction of sp³-hybridized carbons (Fsp3) is 0.0500. The highest BCUT2D eigenvalue weighted by molar-refractivity contribution is 6.24. The number of furan rings is 1. The minimum atomic E-state index is -0.182. The van der Waals surface area contributed by atoms with Crippen LogP contribution in [0, 0.1) is 0 Å². The first kappa shape index (κ1) is 36.8. The molecule has 0 bridgehead atoms. The zero-order valence-electron chi connectivity index (χ0n) is 36.2. The normalized spacial score (nSPS) is 13.1. The largest absolute Gasteiger partial charge is 0.454 e. The maximum Gasteiger partial charge on any atom is 0.238 e. The third-order valence-electron chi connectivity index (χ3n) is 14.0. The van der Waals surface area contributed by atoms with Crippen LogP contribution < -0.4 is 0 Å². The van der Waals surface area contributed by atoms with Crippen molar-refractivity contribution in [1.29, 1.82) is 0 Å². The van der Waals surface area contributed by atoms with Gasteiger partial charge in [0.25, 0.3) is 0 Å². The summed E-state index contributed by atoms with van der Waals surface area (Å²) in [5, 5.41) is 6.63. The van der Waals surface area contributed by atoms with Gasteiger partial charge in [0.15, 0.2) is 17.2 Å². The van der Waals surface area contributed by atoms with Gasteiger partial charge in [0.05, 0.1) is 27.8 Å². The molecular formula is C60H39N5O. The molecule has 0 fully saturated rings. The van der Waals surface area contributed by atoms with Crippen molar-refractivity contribution in [3.8, 4) is 56.7 Å². The number of benzene rings is 9. The molecule has 14 rings (SSSR count). The van der Waals surface area contributed by atoms with Crippen LogP contribution in [-0.2, 0) is 5.41 Å². The van der Waals surface area contributed by atoms with Gasteiger partial charge in [-0.05, 0) is 63.7 Å². The molecule has 6 heteroatoms. The Morgan fingerprint density at radius 1 is 0.409 bits per heavy atom. The lowest BCUT2D eigenvalue weighted by molar-refractivity contribution is 0.660. The third kappa shape index (κ3) is 5.15. The first-order valence-electron chi connectivity index (χ1n) is 22.5. The Bertz CT molecular complexity index is 4140. The number of rotatable bonds is 5. The summed E-state index contributed by atoms with van der Waals surface area (Å²) in [6.45, 7) is 4.62. The van der Waals surface area contributed by atoms with Gasteiger partial charge in [-0.3, -0.25) is 4.57 Å². The Hall–Kier alpha value is -8.61. The maximum atomic E-state index is 6.93. The summed E-state index contributed by atoms with van der Waals surface area (Å²) in [6.07, 6.45) is 0. The van der Waals surface area contributed by atoms with Crippen LogP contribution in [0.4, 0.5) is 0 Å². The van der Waals surface area contributed by atoms with Gasteiger partial charge in [0.2, 0.25) is 5.95 Å². The van der Waals surface area contributed by atoms with Crippen LogP contribution in [0.5, 0.6) is 0 Å². The van der Waals surface area contributed by atoms with Gasteiger partial charge in [-0.15, -0.1) is 0 Å². The van der Waals surface area contributed by atoms with Crippen molar-refractivity contribution in [3.05, 3.63) is 211 Å². The zero-order valence-corrected chi connectivity index (χ0v) is 36.2. The van der Waals surface area contributed by atoms with Crippen LogP contribution in [0.1, 0.15) is 25.0 Å². The maximum absolute atomic E-state index is 6.93. The summed E-state index contributed by atoms with van der Waals surface area (Å²) in [4.78, 5) is 16.3. The Kier molecular flexibility index (Phi) is 7.64. The van der Waals surface area contributed by atoms with E-state index in [-0.39, 0.29) is 5.41 Å². The second-order valence-corrected chi connectivity index (χ2v) is 17.9. The molecule has 0 aliphatic heterocycles. The summed E-state index contributed by atoms with van der Waals surface area (Å²) in [7, 11) is 0. The van der Waals surface area contributed by atoms with Crippen LogP contribution in [0.25, 0.3) is 122 Å². The summed E-state index contributed by atoms with van der Waals surface area (Å²) in [5.74, 6) is 1.79. The second-order valence-electron chi connectivity index (χ2n) is 17.9. The fourth-order valence-corrected chi connectivity index (χ4v) is 11.0. The van der Waals surface area contributed by atoms with Crippen molar-refractivity contribution >= 4 is 65.6 Å². The smallest absolute Gasteiger partial charge is 0.238 e. The molecule has 4 aromatic heterocycles. The number of hydrogen-bond acceptors (Lipinski definition) is 4. The minimum Gasteiger partial charge on any atom is -0.454 e. The Morgan fingerprint density at radius 2 is 1.00 bits per heavy atom. The van der Waals surface area contributed by atoms with Crippen LogP contribution in [0.3, 0.4) is 0 Å². The van der Waals surface area contributed by atoms with E-state index in [1.165, 1.54) is 27.8 Å². The topological polar surface area (TPSA) is 61.7 Å². The molecule has 0 saturated carbocycles. The Morgan fingerprint density at radius 3 is 1.77 bits per heavy atom. The van der Waals surface area contributed by atoms with Gasteiger partial charge in [-0.25, -0.2) is 4.98 Å². The van der Waals surface area contributed by atoms with Gasteiger partial charge < -0.3 is 8.98 Å². The molecule has 6 nitrogen and oxygen atoms in total. The molecule has 0 amide bonds. The molecule has 0 unspecified atom stereocenters. The first-order chi connectivity index (χ1) is 32.5. The van der Waals surface area contributed by atoms with Crippen LogP contribution in [0.2, 0.25) is 0 Å². The van der Waals surface area contributed by atoms with Crippen molar-refractivity contribution in [1.82, 2.24) is 24.1 Å². The summed E-state index contributed by atoms with van der Waals surface area (Å²) in [6, 6.07) is 71.0. The van der Waals surface area contributed by atoms with Gasteiger partial charge >= 0.3 is 0 Å². The number of fused-ring (bicyclic) bond motifs is 13. The molecule has 0 radical (unpaired) electrons. The Labute approximate surface area is 379 Å². The quantitative estimate of drug-likeness (QED) is 0.173. The number of hydrogen-bond donors (Lipinski definition) is 0. The van der Waals surface area contributed by atoms with E-state index in [0.29, 0.717) is 17.6 Å². The second kappa shape index (κ2) is 13.7. The molecule has 1 aliphatic rings. The number of nitrogens with zero attached hydrogens (tertiary/aromatic N) is 5. The van der Waals surface area contributed by atoms with Gasteiger partial charge in [-0.1, -0.05) is 184 Å². The molecule has 9 aromatic carbocycles. The highest BCUT2D eigenvalue weighted by Gasteiger charge is 2.37. The highest BCUT2D eigenvalue weighted by Crippen LogP contribution is 2.52. The van der Waals surface area contributed by atoms with E-state index in [2.05, 4.69) is 205 Å². The Balaban J connectivity index is 1.09. The molecule has 0 saturated heterocycles. The van der Waals surface area contributed by atoms with Gasteiger partial charge in [0, 0.05) is 48.9 Å². The van der Waals surface area contributed by atoms with E-state index in [0.717, 1.165) is 87.9 Å². The van der Waals surface area contributed by atoms with Crippen molar-refractivity contribution in [3.63, 3.8) is 0 Å². The standard InChI is InChI=1S/C60H39N5O/c1-60(2)47-26-12-9-23-44(47)53-45(25-15-27-48(53)60)58-61-57(37-19-7-4-8-20-37)62-59(63-58)65-50-29-14-11-22-40(50)42-33-32-41-39-21-10-13-28-49(39)64(54(41)55(42)65)51-30-16-24-43-46-35-38(36-17-5-3-6-18-36)31-34-52(46)66-56(43)51/h3-35H,1-2H3. The molecule has 0 spiro atoms. The molecule has 1 aliphatic carbocycles. The van der Waals surface area contributed by atoms with Crippen LogP contribution >= 0.6 is 0 Å². The van der Waals surface area contributed by atoms with E-state index in [1.54, 1.807) is 0 Å². The third-order valence-corrected chi connectivity index (χ3v) is 14.0. The van der Waals surface area contributed by atoms with Crippen LogP contribution in [0.15, 0.2) is 205 Å². The highest BCUT2D eigenvalue weighted by atomic mass is 16.3. The zero-order chi connectivity index (χ0) is 43.7. The molecule has 310 valence electrons. The van der Waals surface area contributed by atoms with E-state index >= 15 is 0 Å². The summed E-state index contributed by atoms with van der Waals surface area (Å²) in [5.41, 5.74) is 15.8. The lowest BCUT2D eigenvalue weighted by Crippen LogP contribution is -2.14. The fourth-order valence-electron chi connectivity index (χ4n) is 11.0. The predicted molar refractivity (Wildman–Crippen MR) is 270 cm³/mol. The molecule has 4 heterocycles. The monoisotopic (exact) mass is 845 g/mol. The van der Waals surface area contributed by atoms with E-state index in [1.807, 2.05) is 18.2 Å². The van der Waals surface area contributed by atoms with Gasteiger partial charge in [-0.2, -0.15) is 9.97 Å². The van der Waals surface area contributed by atoms with Crippen molar-refractivity contribution in [2.75, 3.05) is 0 Å². The predicted octanol–water partition coefficient (Wildman–Crippen LogP) is 15.3. The van der Waals surface area contributed by atoms with Gasteiger partial charge in [0.1, 0.15) is 5.58 Å². The summed E-state index contributed by atoms with van der Waals surface area (Å²) < 4.78 is 11.6. The lowest BCUT2D eigenvalue weighted by atomic mass is 9.82. The minimum absolute atomic E-state index is 0.182. The average molecular weight is 846 g/mol. The first-order valence-corrected chi connectivity index (χ1v) is 22.5. The van der Waals surface area contributed by atoms with Crippen molar-refractivity contribution in [2.45, 2.75) is 19.3 Å². The molecule has 13 aromatic rings. The van der Waals surface area contributed by atoms with E-state index in [4.69, 9.17) is 19.4 Å². The van der Waals surface area contributed by atoms with Crippen LogP contribution in [-0.4, -0.2) is 24.1 Å². The molecule has 66 heavy (non-hydrogen) atoms. The molecule has 0 atom stereocenters. The van der Waals surface area contributed by atoms with E-state index in [9.17, 15) is 0 Å². The number of aromatic nitrogens is 5. The molecular weight excluding hydrogens is 807 g/mol. The number of para-hydroxylation sites is 3. The molecule has 0 N–H and O–H groups in total. The SMILES string of the molecule is CC1(C)c2ccccc2-c2c(-c3nc(-c4ccccc4)nc(-n4c5ccccc5c5ccc6c7ccccc7n(-c7cccc8c7oc7ccc(-c9ccccc9)cc78)c6c54)n3)cccc21.